The molecule has 1 N–H and O–H groups in total. The molecular formula is C16H13BrO5S. The molecule has 0 aliphatic heterocycles. The van der Waals surface area contributed by atoms with Crippen molar-refractivity contribution in [3.05, 3.63) is 50.6 Å². The van der Waals surface area contributed by atoms with Crippen molar-refractivity contribution in [2.45, 2.75) is 0 Å². The SMILES string of the molecule is COc1cc(C(=O)/C=C/c2csc(Br)c2)ccc1OCC(=O)O. The third-order valence-corrected chi connectivity index (χ3v) is 4.34. The summed E-state index contributed by atoms with van der Waals surface area (Å²) in [5.74, 6) is -0.687. The van der Waals surface area contributed by atoms with Crippen LogP contribution in [-0.2, 0) is 4.79 Å². The van der Waals surface area contributed by atoms with E-state index < -0.39 is 12.6 Å². The molecular weight excluding hydrogens is 384 g/mol. The normalized spacial score (nSPS) is 10.7. The highest BCUT2D eigenvalue weighted by Crippen LogP contribution is 2.28. The maximum absolute atomic E-state index is 12.2. The van der Waals surface area contributed by atoms with Gasteiger partial charge in [0.15, 0.2) is 23.9 Å². The molecule has 0 aliphatic carbocycles. The van der Waals surface area contributed by atoms with Crippen molar-refractivity contribution < 1.29 is 24.2 Å². The second-order valence-electron chi connectivity index (χ2n) is 4.43. The van der Waals surface area contributed by atoms with Gasteiger partial charge in [0.1, 0.15) is 0 Å². The first-order valence-electron chi connectivity index (χ1n) is 6.48. The molecule has 0 bridgehead atoms. The number of carbonyl (C=O) groups is 2. The minimum absolute atomic E-state index is 0.185. The monoisotopic (exact) mass is 396 g/mol. The van der Waals surface area contributed by atoms with E-state index in [1.165, 1.54) is 36.7 Å². The van der Waals surface area contributed by atoms with E-state index in [4.69, 9.17) is 14.6 Å². The molecule has 7 heteroatoms. The third kappa shape index (κ3) is 4.94. The summed E-state index contributed by atoms with van der Waals surface area (Å²) in [6.07, 6.45) is 3.20. The summed E-state index contributed by atoms with van der Waals surface area (Å²) in [5.41, 5.74) is 1.36. The fourth-order valence-corrected chi connectivity index (χ4v) is 2.90. The van der Waals surface area contributed by atoms with Crippen LogP contribution in [0.3, 0.4) is 0 Å². The Morgan fingerprint density at radius 1 is 1.30 bits per heavy atom. The summed E-state index contributed by atoms with van der Waals surface area (Å²) in [4.78, 5) is 22.7. The molecule has 0 fully saturated rings. The van der Waals surface area contributed by atoms with Crippen LogP contribution in [0.4, 0.5) is 0 Å². The molecule has 0 spiro atoms. The number of hydrogen-bond acceptors (Lipinski definition) is 5. The van der Waals surface area contributed by atoms with Crippen LogP contribution < -0.4 is 9.47 Å². The number of halogens is 1. The quantitative estimate of drug-likeness (QED) is 0.567. The number of carboxylic acids is 1. The summed E-state index contributed by atoms with van der Waals surface area (Å²) >= 11 is 4.90. The lowest BCUT2D eigenvalue weighted by Crippen LogP contribution is -2.10. The summed E-state index contributed by atoms with van der Waals surface area (Å²) in [7, 11) is 1.43. The lowest BCUT2D eigenvalue weighted by atomic mass is 10.1. The van der Waals surface area contributed by atoms with E-state index in [0.29, 0.717) is 11.3 Å². The average Bonchev–Trinajstić information content (AvgIpc) is 2.95. The topological polar surface area (TPSA) is 72.8 Å². The van der Waals surface area contributed by atoms with Crippen LogP contribution in [0.5, 0.6) is 11.5 Å². The molecule has 1 aromatic heterocycles. The molecule has 1 heterocycles. The van der Waals surface area contributed by atoms with Gasteiger partial charge in [-0.3, -0.25) is 4.79 Å². The van der Waals surface area contributed by atoms with Gasteiger partial charge in [-0.1, -0.05) is 6.08 Å². The van der Waals surface area contributed by atoms with Crippen molar-refractivity contribution in [1.29, 1.82) is 0 Å². The number of carboxylic acid groups (broad SMARTS) is 1. The van der Waals surface area contributed by atoms with E-state index in [9.17, 15) is 9.59 Å². The molecule has 0 unspecified atom stereocenters. The Kier molecular flexibility index (Phi) is 5.95. The minimum atomic E-state index is -1.09. The van der Waals surface area contributed by atoms with E-state index >= 15 is 0 Å². The van der Waals surface area contributed by atoms with Crippen LogP contribution in [0.2, 0.25) is 0 Å². The fraction of sp³-hybridized carbons (Fsp3) is 0.125. The number of carbonyl (C=O) groups excluding carboxylic acids is 1. The second kappa shape index (κ2) is 7.94. The van der Waals surface area contributed by atoms with E-state index in [0.717, 1.165) is 9.35 Å². The summed E-state index contributed by atoms with van der Waals surface area (Å²) in [5, 5.41) is 10.6. The number of ketones is 1. The highest BCUT2D eigenvalue weighted by molar-refractivity contribution is 9.11. The van der Waals surface area contributed by atoms with Gasteiger partial charge in [-0.2, -0.15) is 0 Å². The van der Waals surface area contributed by atoms with Gasteiger partial charge in [-0.25, -0.2) is 4.79 Å². The number of ether oxygens (including phenoxy) is 2. The first-order chi connectivity index (χ1) is 11.0. The van der Waals surface area contributed by atoms with Crippen LogP contribution in [0.1, 0.15) is 15.9 Å². The van der Waals surface area contributed by atoms with Gasteiger partial charge in [-0.15, -0.1) is 11.3 Å². The Morgan fingerprint density at radius 2 is 2.09 bits per heavy atom. The van der Waals surface area contributed by atoms with Gasteiger partial charge >= 0.3 is 5.97 Å². The molecule has 5 nitrogen and oxygen atoms in total. The van der Waals surface area contributed by atoms with Gasteiger partial charge in [-0.05, 0) is 57.2 Å². The number of rotatable bonds is 7. The number of allylic oxidation sites excluding steroid dienone is 1. The molecule has 2 rings (SSSR count). The Balaban J connectivity index is 2.14. The van der Waals surface area contributed by atoms with E-state index in [2.05, 4.69) is 15.9 Å². The van der Waals surface area contributed by atoms with Crippen LogP contribution in [0.15, 0.2) is 39.5 Å². The van der Waals surface area contributed by atoms with Crippen molar-refractivity contribution >= 4 is 45.1 Å². The second-order valence-corrected chi connectivity index (χ2v) is 6.72. The molecule has 2 aromatic rings. The Labute approximate surface area is 145 Å². The zero-order valence-corrected chi connectivity index (χ0v) is 14.5. The van der Waals surface area contributed by atoms with Crippen LogP contribution >= 0.6 is 27.3 Å². The lowest BCUT2D eigenvalue weighted by Gasteiger charge is -2.09. The van der Waals surface area contributed by atoms with Crippen LogP contribution in [0.25, 0.3) is 6.08 Å². The van der Waals surface area contributed by atoms with Crippen molar-refractivity contribution in [1.82, 2.24) is 0 Å². The van der Waals surface area contributed by atoms with Gasteiger partial charge in [0.2, 0.25) is 0 Å². The highest BCUT2D eigenvalue weighted by atomic mass is 79.9. The molecule has 1 aromatic carbocycles. The van der Waals surface area contributed by atoms with Crippen LogP contribution in [-0.4, -0.2) is 30.6 Å². The number of benzene rings is 1. The molecule has 0 radical (unpaired) electrons. The maximum Gasteiger partial charge on any atom is 0.341 e. The molecule has 0 atom stereocenters. The molecule has 0 amide bonds. The number of thiophene rings is 1. The summed E-state index contributed by atoms with van der Waals surface area (Å²) in [6.45, 7) is -0.476. The zero-order chi connectivity index (χ0) is 16.8. The van der Waals surface area contributed by atoms with Gasteiger partial charge in [0.05, 0.1) is 10.9 Å². The predicted octanol–water partition coefficient (Wildman–Crippen LogP) is 3.88. The van der Waals surface area contributed by atoms with Crippen molar-refractivity contribution in [2.24, 2.45) is 0 Å². The van der Waals surface area contributed by atoms with E-state index in [1.807, 2.05) is 11.4 Å². The Morgan fingerprint density at radius 3 is 2.70 bits per heavy atom. The molecule has 0 saturated carbocycles. The molecule has 120 valence electrons. The molecule has 0 saturated heterocycles. The molecule has 23 heavy (non-hydrogen) atoms. The van der Waals surface area contributed by atoms with Gasteiger partial charge in [0.25, 0.3) is 0 Å². The van der Waals surface area contributed by atoms with Crippen LogP contribution in [0, 0.1) is 0 Å². The zero-order valence-electron chi connectivity index (χ0n) is 12.1. The van der Waals surface area contributed by atoms with Gasteiger partial charge in [0, 0.05) is 5.56 Å². The average molecular weight is 397 g/mol. The van der Waals surface area contributed by atoms with E-state index in [1.54, 1.807) is 12.1 Å². The number of aliphatic carboxylic acids is 1. The predicted molar refractivity (Wildman–Crippen MR) is 91.5 cm³/mol. The van der Waals surface area contributed by atoms with Gasteiger partial charge < -0.3 is 14.6 Å². The highest BCUT2D eigenvalue weighted by Gasteiger charge is 2.10. The first kappa shape index (κ1) is 17.2. The van der Waals surface area contributed by atoms with E-state index in [-0.39, 0.29) is 11.5 Å². The Bertz CT molecular complexity index is 751. The molecule has 0 aliphatic rings. The standard InChI is InChI=1S/C16H13BrO5S/c1-21-14-7-11(3-5-13(14)22-8-16(19)20)12(18)4-2-10-6-15(17)23-9-10/h2-7,9H,8H2,1H3,(H,19,20)/b4-2+. The summed E-state index contributed by atoms with van der Waals surface area (Å²) in [6, 6.07) is 6.52. The van der Waals surface area contributed by atoms with Crippen molar-refractivity contribution in [3.63, 3.8) is 0 Å². The Hall–Kier alpha value is -2.12. The maximum atomic E-state index is 12.2. The first-order valence-corrected chi connectivity index (χ1v) is 8.16. The lowest BCUT2D eigenvalue weighted by molar-refractivity contribution is -0.139. The number of methoxy groups -OCH3 is 1. The third-order valence-electron chi connectivity index (χ3n) is 2.81. The fourth-order valence-electron chi connectivity index (χ4n) is 1.76. The summed E-state index contributed by atoms with van der Waals surface area (Å²) < 4.78 is 11.2. The van der Waals surface area contributed by atoms with Crippen molar-refractivity contribution in [3.8, 4) is 11.5 Å². The van der Waals surface area contributed by atoms with Crippen molar-refractivity contribution in [2.75, 3.05) is 13.7 Å². The largest absolute Gasteiger partial charge is 0.493 e. The number of hydrogen-bond donors (Lipinski definition) is 1. The smallest absolute Gasteiger partial charge is 0.341 e. The minimum Gasteiger partial charge on any atom is -0.493 e.